The average Bonchev–Trinajstić information content (AvgIpc) is 3.00. The van der Waals surface area contributed by atoms with E-state index in [-0.39, 0.29) is 24.9 Å². The highest BCUT2D eigenvalue weighted by molar-refractivity contribution is 5.88. The second-order valence-corrected chi connectivity index (χ2v) is 6.74. The Hall–Kier alpha value is -2.70. The number of amides is 1. The molecule has 1 aliphatic heterocycles. The van der Waals surface area contributed by atoms with Crippen LogP contribution in [0.25, 0.3) is 0 Å². The van der Waals surface area contributed by atoms with Gasteiger partial charge >= 0.3 is 5.97 Å². The number of hydrogen-bond acceptors (Lipinski definition) is 4. The molecule has 4 rings (SSSR count). The summed E-state index contributed by atoms with van der Waals surface area (Å²) >= 11 is 0. The van der Waals surface area contributed by atoms with Crippen LogP contribution in [0.5, 0.6) is 0 Å². The lowest BCUT2D eigenvalue weighted by Crippen LogP contribution is -2.52. The van der Waals surface area contributed by atoms with Crippen molar-refractivity contribution < 1.29 is 14.7 Å². The zero-order valence-electron chi connectivity index (χ0n) is 14.1. The summed E-state index contributed by atoms with van der Waals surface area (Å²) in [5.74, 6) is -0.0613. The van der Waals surface area contributed by atoms with E-state index in [2.05, 4.69) is 16.3 Å². The number of carboxylic acids is 1. The quantitative estimate of drug-likeness (QED) is 0.895. The first-order valence-electron chi connectivity index (χ1n) is 8.56. The van der Waals surface area contributed by atoms with Gasteiger partial charge in [0.15, 0.2) is 5.82 Å². The molecule has 0 saturated carbocycles. The van der Waals surface area contributed by atoms with E-state index in [1.54, 1.807) is 11.5 Å². The molecule has 25 heavy (non-hydrogen) atoms. The molecule has 7 heteroatoms. The van der Waals surface area contributed by atoms with Crippen molar-refractivity contribution >= 4 is 11.9 Å². The molecule has 2 heterocycles. The van der Waals surface area contributed by atoms with Gasteiger partial charge in [-0.2, -0.15) is 0 Å². The summed E-state index contributed by atoms with van der Waals surface area (Å²) in [6, 6.07) is 7.08. The Bertz CT molecular complexity index is 845. The van der Waals surface area contributed by atoms with E-state index >= 15 is 0 Å². The fraction of sp³-hybridized carbons (Fsp3) is 0.444. The molecule has 1 aliphatic carbocycles. The third-order valence-corrected chi connectivity index (χ3v) is 5.29. The van der Waals surface area contributed by atoms with Crippen LogP contribution in [0.1, 0.15) is 41.5 Å². The molecule has 130 valence electrons. The number of rotatable bonds is 2. The number of carbonyl (C=O) groups is 2. The molecular formula is C18H20N4O3. The van der Waals surface area contributed by atoms with E-state index in [1.165, 1.54) is 10.5 Å². The zero-order valence-corrected chi connectivity index (χ0v) is 14.1. The fourth-order valence-corrected chi connectivity index (χ4v) is 3.97. The maximum atomic E-state index is 13.3. The Morgan fingerprint density at radius 2 is 2.04 bits per heavy atom. The number of aromatic nitrogens is 3. The SMILES string of the molecule is Cc1nnc2n1CC(C(=O)O)N(C(=O)C1CCCc3ccccc31)C2. The van der Waals surface area contributed by atoms with Gasteiger partial charge in [-0.1, -0.05) is 24.3 Å². The lowest BCUT2D eigenvalue weighted by Gasteiger charge is -2.37. The predicted molar refractivity (Wildman–Crippen MR) is 88.9 cm³/mol. The summed E-state index contributed by atoms with van der Waals surface area (Å²) in [4.78, 5) is 26.5. The van der Waals surface area contributed by atoms with Gasteiger partial charge < -0.3 is 14.6 Å². The maximum absolute atomic E-state index is 13.3. The molecule has 7 nitrogen and oxygen atoms in total. The van der Waals surface area contributed by atoms with E-state index in [0.29, 0.717) is 11.6 Å². The van der Waals surface area contributed by atoms with Crippen molar-refractivity contribution in [2.24, 2.45) is 0 Å². The molecule has 2 aromatic rings. The van der Waals surface area contributed by atoms with Crippen LogP contribution in [-0.4, -0.2) is 42.7 Å². The first kappa shape index (κ1) is 15.8. The second kappa shape index (κ2) is 5.98. The van der Waals surface area contributed by atoms with E-state index in [9.17, 15) is 14.7 Å². The van der Waals surface area contributed by atoms with Crippen molar-refractivity contribution in [3.05, 3.63) is 47.0 Å². The van der Waals surface area contributed by atoms with Crippen LogP contribution in [0.2, 0.25) is 0 Å². The van der Waals surface area contributed by atoms with Gasteiger partial charge in [0.2, 0.25) is 5.91 Å². The fourth-order valence-electron chi connectivity index (χ4n) is 3.97. The third-order valence-electron chi connectivity index (χ3n) is 5.29. The number of carboxylic acid groups (broad SMARTS) is 1. The van der Waals surface area contributed by atoms with E-state index in [0.717, 1.165) is 24.8 Å². The number of benzene rings is 1. The minimum absolute atomic E-state index is 0.119. The molecule has 2 unspecified atom stereocenters. The van der Waals surface area contributed by atoms with E-state index in [1.807, 2.05) is 18.2 Å². The Balaban J connectivity index is 1.68. The van der Waals surface area contributed by atoms with Crippen molar-refractivity contribution in [3.8, 4) is 0 Å². The number of fused-ring (bicyclic) bond motifs is 2. The lowest BCUT2D eigenvalue weighted by molar-refractivity contribution is -0.153. The molecule has 0 bridgehead atoms. The van der Waals surface area contributed by atoms with Crippen molar-refractivity contribution in [1.82, 2.24) is 19.7 Å². The number of aliphatic carboxylic acids is 1. The predicted octanol–water partition coefficient (Wildman–Crippen LogP) is 1.50. The maximum Gasteiger partial charge on any atom is 0.328 e. The summed E-state index contributed by atoms with van der Waals surface area (Å²) in [7, 11) is 0. The van der Waals surface area contributed by atoms with Gasteiger partial charge in [-0.3, -0.25) is 4.79 Å². The molecule has 2 atom stereocenters. The summed E-state index contributed by atoms with van der Waals surface area (Å²) in [6.45, 7) is 2.18. The molecule has 1 amide bonds. The van der Waals surface area contributed by atoms with Crippen LogP contribution in [0, 0.1) is 6.92 Å². The summed E-state index contributed by atoms with van der Waals surface area (Å²) < 4.78 is 1.79. The van der Waals surface area contributed by atoms with Crippen molar-refractivity contribution in [2.45, 2.75) is 51.2 Å². The normalized spacial score (nSPS) is 22.2. The summed E-state index contributed by atoms with van der Waals surface area (Å²) in [6.07, 6.45) is 2.66. The molecule has 1 N–H and O–H groups in total. The third kappa shape index (κ3) is 2.59. The molecule has 0 fully saturated rings. The molecule has 1 aromatic carbocycles. The monoisotopic (exact) mass is 340 g/mol. The highest BCUT2D eigenvalue weighted by Gasteiger charge is 2.40. The molecule has 0 spiro atoms. The molecule has 0 saturated heterocycles. The first-order valence-corrected chi connectivity index (χ1v) is 8.56. The molecule has 2 aliphatic rings. The Kier molecular flexibility index (Phi) is 3.78. The van der Waals surface area contributed by atoms with Crippen molar-refractivity contribution in [1.29, 1.82) is 0 Å². The van der Waals surface area contributed by atoms with Crippen LogP contribution in [0.15, 0.2) is 24.3 Å². The first-order chi connectivity index (χ1) is 12.1. The van der Waals surface area contributed by atoms with E-state index < -0.39 is 12.0 Å². The number of aryl methyl sites for hydroxylation is 2. The Morgan fingerprint density at radius 1 is 1.24 bits per heavy atom. The van der Waals surface area contributed by atoms with Gasteiger partial charge in [-0.15, -0.1) is 10.2 Å². The lowest BCUT2D eigenvalue weighted by atomic mass is 9.81. The molecule has 1 aromatic heterocycles. The number of carbonyl (C=O) groups excluding carboxylic acids is 1. The largest absolute Gasteiger partial charge is 0.480 e. The summed E-state index contributed by atoms with van der Waals surface area (Å²) in [5, 5.41) is 17.8. The Morgan fingerprint density at radius 3 is 2.84 bits per heavy atom. The second-order valence-electron chi connectivity index (χ2n) is 6.74. The van der Waals surface area contributed by atoms with Gasteiger partial charge in [0.05, 0.1) is 19.0 Å². The smallest absolute Gasteiger partial charge is 0.328 e. The van der Waals surface area contributed by atoms with E-state index in [4.69, 9.17) is 0 Å². The minimum atomic E-state index is -0.990. The minimum Gasteiger partial charge on any atom is -0.480 e. The molecule has 0 radical (unpaired) electrons. The molecular weight excluding hydrogens is 320 g/mol. The highest BCUT2D eigenvalue weighted by Crippen LogP contribution is 2.34. The topological polar surface area (TPSA) is 88.3 Å². The number of hydrogen-bond donors (Lipinski definition) is 1. The van der Waals surface area contributed by atoms with Crippen LogP contribution in [-0.2, 0) is 29.1 Å². The van der Waals surface area contributed by atoms with Gasteiger partial charge in [0.25, 0.3) is 0 Å². The standard InChI is InChI=1S/C18H20N4O3/c1-11-19-20-16-10-22(15(18(24)25)9-21(11)16)17(23)14-8-4-6-12-5-2-3-7-13(12)14/h2-3,5,7,14-15H,4,6,8-10H2,1H3,(H,24,25). The summed E-state index contributed by atoms with van der Waals surface area (Å²) in [5.41, 5.74) is 2.22. The van der Waals surface area contributed by atoms with Gasteiger partial charge in [0, 0.05) is 0 Å². The van der Waals surface area contributed by atoms with Crippen LogP contribution in [0.3, 0.4) is 0 Å². The van der Waals surface area contributed by atoms with Crippen LogP contribution < -0.4 is 0 Å². The zero-order chi connectivity index (χ0) is 17.6. The number of nitrogens with zero attached hydrogens (tertiary/aromatic N) is 4. The van der Waals surface area contributed by atoms with Gasteiger partial charge in [-0.25, -0.2) is 4.79 Å². The van der Waals surface area contributed by atoms with Gasteiger partial charge in [0.1, 0.15) is 11.9 Å². The Labute approximate surface area is 145 Å². The van der Waals surface area contributed by atoms with Crippen LogP contribution >= 0.6 is 0 Å². The van der Waals surface area contributed by atoms with Gasteiger partial charge in [-0.05, 0) is 37.3 Å². The van der Waals surface area contributed by atoms with Crippen molar-refractivity contribution in [3.63, 3.8) is 0 Å². The average molecular weight is 340 g/mol. The van der Waals surface area contributed by atoms with Crippen LogP contribution in [0.4, 0.5) is 0 Å². The highest BCUT2D eigenvalue weighted by atomic mass is 16.4. The van der Waals surface area contributed by atoms with Crippen molar-refractivity contribution in [2.75, 3.05) is 0 Å².